The zero-order chi connectivity index (χ0) is 18.4. The van der Waals surface area contributed by atoms with Gasteiger partial charge in [-0.05, 0) is 37.1 Å². The van der Waals surface area contributed by atoms with Crippen LogP contribution in [-0.4, -0.2) is 33.8 Å². The van der Waals surface area contributed by atoms with Gasteiger partial charge in [-0.2, -0.15) is 0 Å². The molecule has 0 bridgehead atoms. The minimum atomic E-state index is -0.285. The van der Waals surface area contributed by atoms with Crippen LogP contribution in [-0.2, 0) is 4.79 Å². The molecule has 0 aromatic heterocycles. The molecule has 0 aliphatic rings. The molecule has 6 nitrogen and oxygen atoms in total. The first-order valence-corrected chi connectivity index (χ1v) is 7.78. The average molecular weight is 345 g/mol. The number of hydrogen-bond donors (Lipinski definition) is 1. The molecule has 0 unspecified atom stereocenters. The van der Waals surface area contributed by atoms with Crippen LogP contribution in [0.2, 0.25) is 0 Å². The zero-order valence-corrected chi connectivity index (χ0v) is 15.1. The Balaban J connectivity index is 2.05. The van der Waals surface area contributed by atoms with Crippen molar-refractivity contribution in [2.75, 3.05) is 33.3 Å². The van der Waals surface area contributed by atoms with Gasteiger partial charge in [0.25, 0.3) is 5.91 Å². The van der Waals surface area contributed by atoms with Crippen molar-refractivity contribution in [1.82, 2.24) is 0 Å². The van der Waals surface area contributed by atoms with Crippen LogP contribution in [0.4, 0.5) is 5.69 Å². The van der Waals surface area contributed by atoms with Gasteiger partial charge in [-0.15, -0.1) is 0 Å². The van der Waals surface area contributed by atoms with Gasteiger partial charge in [0.15, 0.2) is 18.1 Å². The van der Waals surface area contributed by atoms with E-state index < -0.39 is 0 Å². The molecule has 0 atom stereocenters. The van der Waals surface area contributed by atoms with Crippen LogP contribution in [0.25, 0.3) is 0 Å². The van der Waals surface area contributed by atoms with Gasteiger partial charge in [0.1, 0.15) is 5.75 Å². The number of nitrogens with one attached hydrogen (secondary N) is 1. The molecule has 1 N–H and O–H groups in total. The number of ether oxygens (including phenoxy) is 4. The van der Waals surface area contributed by atoms with E-state index >= 15 is 0 Å². The van der Waals surface area contributed by atoms with Crippen LogP contribution in [0, 0.1) is 13.8 Å². The summed E-state index contributed by atoms with van der Waals surface area (Å²) in [6.07, 6.45) is 0. The highest BCUT2D eigenvalue weighted by atomic mass is 16.5. The molecule has 0 fully saturated rings. The highest BCUT2D eigenvalue weighted by molar-refractivity contribution is 5.92. The highest BCUT2D eigenvalue weighted by Gasteiger charge is 2.14. The summed E-state index contributed by atoms with van der Waals surface area (Å²) in [5.74, 6) is 1.77. The molecular formula is C19H23NO5. The fraction of sp³-hybridized carbons (Fsp3) is 0.316. The summed E-state index contributed by atoms with van der Waals surface area (Å²) in [7, 11) is 4.56. The zero-order valence-electron chi connectivity index (χ0n) is 15.1. The molecule has 0 saturated heterocycles. The molecule has 6 heteroatoms. The first kappa shape index (κ1) is 18.4. The second-order valence-electron chi connectivity index (χ2n) is 5.50. The van der Waals surface area contributed by atoms with Crippen molar-refractivity contribution in [3.05, 3.63) is 41.5 Å². The Morgan fingerprint density at radius 3 is 2.08 bits per heavy atom. The predicted octanol–water partition coefficient (Wildman–Crippen LogP) is 3.35. The lowest BCUT2D eigenvalue weighted by molar-refractivity contribution is -0.118. The van der Waals surface area contributed by atoms with E-state index in [-0.39, 0.29) is 12.5 Å². The van der Waals surface area contributed by atoms with Crippen molar-refractivity contribution < 1.29 is 23.7 Å². The normalized spacial score (nSPS) is 10.1. The third-order valence-corrected chi connectivity index (χ3v) is 3.80. The second kappa shape index (κ2) is 8.28. The van der Waals surface area contributed by atoms with E-state index in [9.17, 15) is 4.79 Å². The number of carbonyl (C=O) groups excluding carboxylic acids is 1. The molecular weight excluding hydrogens is 322 g/mol. The molecule has 0 heterocycles. The fourth-order valence-electron chi connectivity index (χ4n) is 2.30. The molecule has 2 aromatic carbocycles. The van der Waals surface area contributed by atoms with E-state index in [4.69, 9.17) is 18.9 Å². The standard InChI is InChI=1S/C19H23NO5/c1-12-6-7-15(8-13(12)2)25-11-18(21)20-14-9-16(22-3)19(24-5)17(10-14)23-4/h6-10H,11H2,1-5H3,(H,20,21). The summed E-state index contributed by atoms with van der Waals surface area (Å²) in [4.78, 5) is 12.1. The van der Waals surface area contributed by atoms with Gasteiger partial charge in [0, 0.05) is 17.8 Å². The molecule has 0 saturated carbocycles. The molecule has 0 radical (unpaired) electrons. The number of methoxy groups -OCH3 is 3. The highest BCUT2D eigenvalue weighted by Crippen LogP contribution is 2.39. The van der Waals surface area contributed by atoms with Crippen LogP contribution in [0.5, 0.6) is 23.0 Å². The number of rotatable bonds is 7. The van der Waals surface area contributed by atoms with Crippen LogP contribution in [0.1, 0.15) is 11.1 Å². The van der Waals surface area contributed by atoms with Gasteiger partial charge in [-0.25, -0.2) is 0 Å². The minimum Gasteiger partial charge on any atom is -0.493 e. The first-order valence-electron chi connectivity index (χ1n) is 7.78. The van der Waals surface area contributed by atoms with E-state index in [1.54, 1.807) is 12.1 Å². The monoisotopic (exact) mass is 345 g/mol. The molecule has 134 valence electrons. The molecule has 1 amide bonds. The Bertz CT molecular complexity index is 732. The summed E-state index contributed by atoms with van der Waals surface area (Å²) in [6, 6.07) is 9.03. The predicted molar refractivity (Wildman–Crippen MR) is 96.1 cm³/mol. The third kappa shape index (κ3) is 4.56. The summed E-state index contributed by atoms with van der Waals surface area (Å²) in [5.41, 5.74) is 2.82. The van der Waals surface area contributed by atoms with Crippen molar-refractivity contribution in [2.24, 2.45) is 0 Å². The molecule has 0 spiro atoms. The van der Waals surface area contributed by atoms with E-state index in [0.29, 0.717) is 28.7 Å². The topological polar surface area (TPSA) is 66.0 Å². The van der Waals surface area contributed by atoms with Gasteiger partial charge < -0.3 is 24.3 Å². The van der Waals surface area contributed by atoms with Crippen LogP contribution in [0.3, 0.4) is 0 Å². The Morgan fingerprint density at radius 1 is 0.920 bits per heavy atom. The van der Waals surface area contributed by atoms with E-state index in [1.165, 1.54) is 26.9 Å². The van der Waals surface area contributed by atoms with Gasteiger partial charge in [-0.1, -0.05) is 6.07 Å². The lowest BCUT2D eigenvalue weighted by atomic mass is 10.1. The van der Waals surface area contributed by atoms with Crippen molar-refractivity contribution in [3.8, 4) is 23.0 Å². The molecule has 2 aromatic rings. The smallest absolute Gasteiger partial charge is 0.262 e. The molecule has 2 rings (SSSR count). The molecule has 0 aliphatic carbocycles. The largest absolute Gasteiger partial charge is 0.493 e. The maximum Gasteiger partial charge on any atom is 0.262 e. The van der Waals surface area contributed by atoms with Gasteiger partial charge >= 0.3 is 0 Å². The Morgan fingerprint density at radius 2 is 1.56 bits per heavy atom. The summed E-state index contributed by atoms with van der Waals surface area (Å²) >= 11 is 0. The van der Waals surface area contributed by atoms with Crippen molar-refractivity contribution in [3.63, 3.8) is 0 Å². The van der Waals surface area contributed by atoms with Crippen LogP contribution >= 0.6 is 0 Å². The van der Waals surface area contributed by atoms with Gasteiger partial charge in [0.05, 0.1) is 21.3 Å². The quantitative estimate of drug-likeness (QED) is 0.834. The van der Waals surface area contributed by atoms with E-state index in [1.807, 2.05) is 32.0 Å². The lowest BCUT2D eigenvalue weighted by Gasteiger charge is -2.15. The number of anilines is 1. The lowest BCUT2D eigenvalue weighted by Crippen LogP contribution is -2.20. The average Bonchev–Trinajstić information content (AvgIpc) is 2.61. The minimum absolute atomic E-state index is 0.0981. The second-order valence-corrected chi connectivity index (χ2v) is 5.50. The maximum atomic E-state index is 12.1. The third-order valence-electron chi connectivity index (χ3n) is 3.80. The summed E-state index contributed by atoms with van der Waals surface area (Å²) in [6.45, 7) is 3.92. The SMILES string of the molecule is COc1cc(NC(=O)COc2ccc(C)c(C)c2)cc(OC)c1OC. The van der Waals surface area contributed by atoms with Crippen molar-refractivity contribution >= 4 is 11.6 Å². The Hall–Kier alpha value is -2.89. The van der Waals surface area contributed by atoms with Gasteiger partial charge in [0.2, 0.25) is 5.75 Å². The summed E-state index contributed by atoms with van der Waals surface area (Å²) in [5, 5.41) is 2.76. The molecule has 0 aliphatic heterocycles. The number of aryl methyl sites for hydroxylation is 2. The number of carbonyl (C=O) groups is 1. The Kier molecular flexibility index (Phi) is 6.11. The first-order chi connectivity index (χ1) is 12.0. The van der Waals surface area contributed by atoms with Gasteiger partial charge in [-0.3, -0.25) is 4.79 Å². The maximum absolute atomic E-state index is 12.1. The van der Waals surface area contributed by atoms with Crippen molar-refractivity contribution in [2.45, 2.75) is 13.8 Å². The number of hydrogen-bond acceptors (Lipinski definition) is 5. The Labute approximate surface area is 147 Å². The van der Waals surface area contributed by atoms with Crippen molar-refractivity contribution in [1.29, 1.82) is 0 Å². The number of benzene rings is 2. The van der Waals surface area contributed by atoms with E-state index in [2.05, 4.69) is 5.32 Å². The van der Waals surface area contributed by atoms with Crippen LogP contribution < -0.4 is 24.3 Å². The van der Waals surface area contributed by atoms with E-state index in [0.717, 1.165) is 5.56 Å². The van der Waals surface area contributed by atoms with Crippen LogP contribution in [0.15, 0.2) is 30.3 Å². The molecule has 25 heavy (non-hydrogen) atoms. The number of amides is 1. The summed E-state index contributed by atoms with van der Waals surface area (Å²) < 4.78 is 21.3. The fourth-order valence-corrected chi connectivity index (χ4v) is 2.30.